The topological polar surface area (TPSA) is 114 Å². The van der Waals surface area contributed by atoms with Crippen LogP contribution in [0.5, 0.6) is 5.75 Å². The molecule has 0 bridgehead atoms. The van der Waals surface area contributed by atoms with Gasteiger partial charge in [0.2, 0.25) is 10.0 Å². The first-order chi connectivity index (χ1) is 15.3. The average Bonchev–Trinajstić information content (AvgIpc) is 2.81. The molecule has 32 heavy (non-hydrogen) atoms. The van der Waals surface area contributed by atoms with Crippen LogP contribution in [0.2, 0.25) is 0 Å². The van der Waals surface area contributed by atoms with Crippen LogP contribution in [0.15, 0.2) is 53.4 Å². The van der Waals surface area contributed by atoms with Crippen LogP contribution in [0.1, 0.15) is 12.0 Å². The molecule has 11 heteroatoms. The minimum atomic E-state index is -3.97. The van der Waals surface area contributed by atoms with Crippen molar-refractivity contribution in [2.75, 3.05) is 26.8 Å². The van der Waals surface area contributed by atoms with Gasteiger partial charge in [0.15, 0.2) is 0 Å². The highest BCUT2D eigenvalue weighted by Gasteiger charge is 2.35. The number of carbonyl (C=O) groups excluding carboxylic acids is 2. The summed E-state index contributed by atoms with van der Waals surface area (Å²) in [5.41, 5.74) is 0.748. The van der Waals surface area contributed by atoms with E-state index in [2.05, 4.69) is 10.6 Å². The van der Waals surface area contributed by atoms with Crippen molar-refractivity contribution in [2.24, 2.45) is 0 Å². The van der Waals surface area contributed by atoms with E-state index in [0.29, 0.717) is 18.8 Å². The molecule has 2 amide bonds. The van der Waals surface area contributed by atoms with E-state index in [1.807, 2.05) is 0 Å². The molecule has 0 saturated carbocycles. The number of halogens is 1. The standard InChI is InChI=1S/C21H24FN3O6S/c1-30-17-5-2-4-15(12-17)13-23-20(26)21(27)24-14-19-25(10-3-11-31-19)32(28,29)18-8-6-16(22)7-9-18/h2,4-9,12,19H,3,10-11,13-14H2,1H3,(H,23,26)(H,24,27). The summed E-state index contributed by atoms with van der Waals surface area (Å²) >= 11 is 0. The van der Waals surface area contributed by atoms with Crippen LogP contribution in [0, 0.1) is 5.82 Å². The number of nitrogens with zero attached hydrogens (tertiary/aromatic N) is 1. The highest BCUT2D eigenvalue weighted by molar-refractivity contribution is 7.89. The summed E-state index contributed by atoms with van der Waals surface area (Å²) in [5, 5.41) is 4.90. The second kappa shape index (κ2) is 10.5. The Labute approximate surface area is 185 Å². The summed E-state index contributed by atoms with van der Waals surface area (Å²) in [6.07, 6.45) is -0.528. The molecular formula is C21H24FN3O6S. The molecule has 1 unspecified atom stereocenters. The average molecular weight is 466 g/mol. The Morgan fingerprint density at radius 2 is 1.88 bits per heavy atom. The van der Waals surface area contributed by atoms with Gasteiger partial charge in [0.25, 0.3) is 0 Å². The van der Waals surface area contributed by atoms with Gasteiger partial charge >= 0.3 is 11.8 Å². The van der Waals surface area contributed by atoms with Crippen molar-refractivity contribution in [3.63, 3.8) is 0 Å². The first kappa shape index (κ1) is 23.6. The fourth-order valence-electron chi connectivity index (χ4n) is 3.15. The van der Waals surface area contributed by atoms with Crippen LogP contribution < -0.4 is 15.4 Å². The number of rotatable bonds is 7. The van der Waals surface area contributed by atoms with Crippen molar-refractivity contribution in [2.45, 2.75) is 24.1 Å². The lowest BCUT2D eigenvalue weighted by molar-refractivity contribution is -0.140. The predicted octanol–water partition coefficient (Wildman–Crippen LogP) is 1.00. The summed E-state index contributed by atoms with van der Waals surface area (Å²) in [6.45, 7) is 0.376. The van der Waals surface area contributed by atoms with Crippen LogP contribution in [-0.2, 0) is 30.9 Å². The zero-order chi connectivity index (χ0) is 23.1. The van der Waals surface area contributed by atoms with Gasteiger partial charge in [0, 0.05) is 13.1 Å². The van der Waals surface area contributed by atoms with Crippen LogP contribution in [-0.4, -0.2) is 57.6 Å². The second-order valence-electron chi connectivity index (χ2n) is 6.99. The van der Waals surface area contributed by atoms with Gasteiger partial charge in [-0.3, -0.25) is 9.59 Å². The molecule has 0 aromatic heterocycles. The number of hydrogen-bond acceptors (Lipinski definition) is 6. The third-order valence-electron chi connectivity index (χ3n) is 4.81. The van der Waals surface area contributed by atoms with E-state index in [4.69, 9.17) is 9.47 Å². The summed E-state index contributed by atoms with van der Waals surface area (Å²) < 4.78 is 50.7. The van der Waals surface area contributed by atoms with Gasteiger partial charge in [-0.1, -0.05) is 12.1 Å². The number of sulfonamides is 1. The summed E-state index contributed by atoms with van der Waals surface area (Å²) in [6, 6.07) is 11.5. The molecule has 3 rings (SSSR count). The Balaban J connectivity index is 1.58. The highest BCUT2D eigenvalue weighted by Crippen LogP contribution is 2.22. The highest BCUT2D eigenvalue weighted by atomic mass is 32.2. The molecule has 1 aliphatic heterocycles. The molecule has 1 saturated heterocycles. The molecule has 0 spiro atoms. The van der Waals surface area contributed by atoms with Gasteiger partial charge in [-0.15, -0.1) is 0 Å². The first-order valence-corrected chi connectivity index (χ1v) is 11.3. The number of methoxy groups -OCH3 is 1. The molecule has 0 radical (unpaired) electrons. The van der Waals surface area contributed by atoms with E-state index in [9.17, 15) is 22.4 Å². The first-order valence-electron chi connectivity index (χ1n) is 9.89. The molecule has 0 aliphatic carbocycles. The fourth-order valence-corrected chi connectivity index (χ4v) is 4.72. The Morgan fingerprint density at radius 1 is 1.16 bits per heavy atom. The molecule has 172 valence electrons. The van der Waals surface area contributed by atoms with Crippen LogP contribution in [0.25, 0.3) is 0 Å². The monoisotopic (exact) mass is 465 g/mol. The van der Waals surface area contributed by atoms with E-state index in [1.54, 1.807) is 24.3 Å². The van der Waals surface area contributed by atoms with Crippen molar-refractivity contribution in [3.8, 4) is 5.75 Å². The third-order valence-corrected chi connectivity index (χ3v) is 6.71. The smallest absolute Gasteiger partial charge is 0.309 e. The zero-order valence-corrected chi connectivity index (χ0v) is 18.2. The maximum absolute atomic E-state index is 13.2. The molecule has 2 aromatic carbocycles. The Morgan fingerprint density at radius 3 is 2.59 bits per heavy atom. The van der Waals surface area contributed by atoms with Crippen molar-refractivity contribution in [1.82, 2.24) is 14.9 Å². The van der Waals surface area contributed by atoms with Gasteiger partial charge in [0.05, 0.1) is 25.2 Å². The molecule has 2 aromatic rings. The normalized spacial score (nSPS) is 16.9. The summed E-state index contributed by atoms with van der Waals surface area (Å²) in [5.74, 6) is -1.71. The molecule has 1 atom stereocenters. The van der Waals surface area contributed by atoms with Crippen molar-refractivity contribution < 1.29 is 31.9 Å². The van der Waals surface area contributed by atoms with Crippen LogP contribution in [0.3, 0.4) is 0 Å². The van der Waals surface area contributed by atoms with E-state index in [0.717, 1.165) is 22.0 Å². The Bertz CT molecular complexity index is 1060. The van der Waals surface area contributed by atoms with E-state index in [-0.39, 0.29) is 24.5 Å². The Kier molecular flexibility index (Phi) is 7.78. The lowest BCUT2D eigenvalue weighted by atomic mass is 10.2. The van der Waals surface area contributed by atoms with Crippen molar-refractivity contribution >= 4 is 21.8 Å². The number of amides is 2. The molecule has 9 nitrogen and oxygen atoms in total. The van der Waals surface area contributed by atoms with E-state index < -0.39 is 33.9 Å². The predicted molar refractivity (Wildman–Crippen MR) is 112 cm³/mol. The molecule has 2 N–H and O–H groups in total. The maximum atomic E-state index is 13.2. The largest absolute Gasteiger partial charge is 0.497 e. The van der Waals surface area contributed by atoms with E-state index in [1.165, 1.54) is 19.2 Å². The summed E-state index contributed by atoms with van der Waals surface area (Å²) in [7, 11) is -2.45. The molecule has 1 aliphatic rings. The molecule has 1 fully saturated rings. The number of ether oxygens (including phenoxy) is 2. The van der Waals surface area contributed by atoms with Gasteiger partial charge in [-0.2, -0.15) is 4.31 Å². The lowest BCUT2D eigenvalue weighted by Crippen LogP contribution is -2.53. The lowest BCUT2D eigenvalue weighted by Gasteiger charge is -2.34. The minimum absolute atomic E-state index is 0.0863. The third kappa shape index (κ3) is 5.81. The quantitative estimate of drug-likeness (QED) is 0.590. The van der Waals surface area contributed by atoms with E-state index >= 15 is 0 Å². The number of carbonyl (C=O) groups is 2. The number of nitrogens with one attached hydrogen (secondary N) is 2. The fraction of sp³-hybridized carbons (Fsp3) is 0.333. The van der Waals surface area contributed by atoms with Gasteiger partial charge < -0.3 is 20.1 Å². The number of benzene rings is 2. The maximum Gasteiger partial charge on any atom is 0.309 e. The SMILES string of the molecule is COc1cccc(CNC(=O)C(=O)NCC2OCCCN2S(=O)(=O)c2ccc(F)cc2)c1. The van der Waals surface area contributed by atoms with Gasteiger partial charge in [-0.25, -0.2) is 12.8 Å². The number of hydrogen-bond donors (Lipinski definition) is 2. The minimum Gasteiger partial charge on any atom is -0.497 e. The van der Waals surface area contributed by atoms with Gasteiger partial charge in [0.1, 0.15) is 17.8 Å². The zero-order valence-electron chi connectivity index (χ0n) is 17.4. The second-order valence-corrected chi connectivity index (χ2v) is 8.88. The molecule has 1 heterocycles. The van der Waals surface area contributed by atoms with Crippen LogP contribution >= 0.6 is 0 Å². The van der Waals surface area contributed by atoms with Crippen molar-refractivity contribution in [3.05, 3.63) is 59.9 Å². The summed E-state index contributed by atoms with van der Waals surface area (Å²) in [4.78, 5) is 24.2. The molecular weight excluding hydrogens is 441 g/mol. The Hall–Kier alpha value is -3.02. The van der Waals surface area contributed by atoms with Crippen molar-refractivity contribution in [1.29, 1.82) is 0 Å². The van der Waals surface area contributed by atoms with Gasteiger partial charge in [-0.05, 0) is 48.4 Å². The van der Waals surface area contributed by atoms with Crippen LogP contribution in [0.4, 0.5) is 4.39 Å².